The quantitative estimate of drug-likeness (QED) is 0.851. The lowest BCUT2D eigenvalue weighted by atomic mass is 9.85. The maximum Gasteiger partial charge on any atom is 0.280 e. The predicted octanol–water partition coefficient (Wildman–Crippen LogP) is 3.38. The van der Waals surface area contributed by atoms with Crippen LogP contribution in [0.2, 0.25) is 0 Å². The summed E-state index contributed by atoms with van der Waals surface area (Å²) in [5.41, 5.74) is 2.32. The van der Waals surface area contributed by atoms with E-state index in [1.807, 2.05) is 46.8 Å². The van der Waals surface area contributed by atoms with Gasteiger partial charge in [0, 0.05) is 12.2 Å². The van der Waals surface area contributed by atoms with Crippen LogP contribution in [-0.2, 0) is 0 Å². The lowest BCUT2D eigenvalue weighted by Gasteiger charge is -2.32. The molecule has 27 heavy (non-hydrogen) atoms. The zero-order valence-corrected chi connectivity index (χ0v) is 16.6. The van der Waals surface area contributed by atoms with Crippen molar-refractivity contribution in [2.45, 2.75) is 45.1 Å². The SMILES string of the molecule is Cc1c(C(=O)N(CC2CCC2)c2ccccc2)nnn1C1CCNCC1.Cl. The molecule has 1 aliphatic carbocycles. The van der Waals surface area contributed by atoms with Crippen LogP contribution in [0.25, 0.3) is 0 Å². The van der Waals surface area contributed by atoms with Crippen LogP contribution in [0.1, 0.15) is 54.3 Å². The molecule has 1 N–H and O–H groups in total. The van der Waals surface area contributed by atoms with Crippen LogP contribution in [0.15, 0.2) is 30.3 Å². The normalized spacial score (nSPS) is 17.8. The van der Waals surface area contributed by atoms with Gasteiger partial charge in [0.1, 0.15) is 0 Å². The second kappa shape index (κ2) is 8.85. The van der Waals surface area contributed by atoms with Crippen LogP contribution in [0.3, 0.4) is 0 Å². The van der Waals surface area contributed by atoms with Gasteiger partial charge in [-0.3, -0.25) is 4.79 Å². The first kappa shape index (κ1) is 19.8. The van der Waals surface area contributed by atoms with Gasteiger partial charge in [-0.2, -0.15) is 0 Å². The number of rotatable bonds is 5. The predicted molar refractivity (Wildman–Crippen MR) is 109 cm³/mol. The van der Waals surface area contributed by atoms with Crippen molar-refractivity contribution in [3.05, 3.63) is 41.7 Å². The topological polar surface area (TPSA) is 63.1 Å². The number of amides is 1. The fourth-order valence-corrected chi connectivity index (χ4v) is 3.91. The molecule has 0 atom stereocenters. The molecule has 1 aromatic carbocycles. The first-order valence-electron chi connectivity index (χ1n) is 9.73. The van der Waals surface area contributed by atoms with Gasteiger partial charge in [-0.1, -0.05) is 29.8 Å². The molecule has 1 aromatic heterocycles. The molecule has 1 saturated carbocycles. The molecule has 4 rings (SSSR count). The third kappa shape index (κ3) is 4.17. The molecule has 2 aromatic rings. The Bertz CT molecular complexity index is 753. The number of halogens is 1. The van der Waals surface area contributed by atoms with Gasteiger partial charge in [0.05, 0.1) is 11.7 Å². The summed E-state index contributed by atoms with van der Waals surface area (Å²) in [6, 6.07) is 10.3. The largest absolute Gasteiger partial charge is 0.317 e. The van der Waals surface area contributed by atoms with Gasteiger partial charge in [-0.15, -0.1) is 17.5 Å². The van der Waals surface area contributed by atoms with E-state index in [0.29, 0.717) is 17.7 Å². The Morgan fingerprint density at radius 2 is 1.89 bits per heavy atom. The van der Waals surface area contributed by atoms with Crippen molar-refractivity contribution >= 4 is 24.0 Å². The third-order valence-corrected chi connectivity index (χ3v) is 5.76. The molecule has 1 aliphatic heterocycles. The fraction of sp³-hybridized carbons (Fsp3) is 0.550. The number of hydrogen-bond acceptors (Lipinski definition) is 4. The number of nitrogens with one attached hydrogen (secondary N) is 1. The summed E-state index contributed by atoms with van der Waals surface area (Å²) >= 11 is 0. The van der Waals surface area contributed by atoms with Crippen molar-refractivity contribution in [1.82, 2.24) is 20.3 Å². The van der Waals surface area contributed by atoms with Crippen molar-refractivity contribution in [2.24, 2.45) is 5.92 Å². The number of para-hydroxylation sites is 1. The van der Waals surface area contributed by atoms with E-state index in [2.05, 4.69) is 15.6 Å². The van der Waals surface area contributed by atoms with Crippen molar-refractivity contribution in [3.63, 3.8) is 0 Å². The third-order valence-electron chi connectivity index (χ3n) is 5.76. The molecule has 0 spiro atoms. The van der Waals surface area contributed by atoms with Crippen LogP contribution in [-0.4, -0.2) is 40.5 Å². The van der Waals surface area contributed by atoms with Gasteiger partial charge in [-0.25, -0.2) is 4.68 Å². The van der Waals surface area contributed by atoms with E-state index in [9.17, 15) is 4.79 Å². The average Bonchev–Trinajstić information content (AvgIpc) is 3.03. The molecular weight excluding hydrogens is 362 g/mol. The lowest BCUT2D eigenvalue weighted by Crippen LogP contribution is -2.38. The van der Waals surface area contributed by atoms with Gasteiger partial charge in [0.2, 0.25) is 0 Å². The Morgan fingerprint density at radius 1 is 1.19 bits per heavy atom. The Labute approximate surface area is 166 Å². The number of benzene rings is 1. The molecular formula is C20H28ClN5O. The summed E-state index contributed by atoms with van der Waals surface area (Å²) in [6.45, 7) is 4.72. The summed E-state index contributed by atoms with van der Waals surface area (Å²) in [4.78, 5) is 15.2. The fourth-order valence-electron chi connectivity index (χ4n) is 3.91. The average molecular weight is 390 g/mol. The second-order valence-corrected chi connectivity index (χ2v) is 7.50. The van der Waals surface area contributed by atoms with E-state index in [0.717, 1.165) is 43.9 Å². The van der Waals surface area contributed by atoms with Crippen molar-refractivity contribution in [2.75, 3.05) is 24.5 Å². The Kier molecular flexibility index (Phi) is 6.50. The zero-order valence-electron chi connectivity index (χ0n) is 15.8. The molecule has 2 heterocycles. The first-order valence-corrected chi connectivity index (χ1v) is 9.73. The molecule has 146 valence electrons. The van der Waals surface area contributed by atoms with E-state index in [1.54, 1.807) is 0 Å². The Morgan fingerprint density at radius 3 is 2.52 bits per heavy atom. The summed E-state index contributed by atoms with van der Waals surface area (Å²) in [7, 11) is 0. The zero-order chi connectivity index (χ0) is 17.9. The lowest BCUT2D eigenvalue weighted by molar-refractivity contribution is 0.0972. The minimum atomic E-state index is -0.0271. The van der Waals surface area contributed by atoms with Crippen molar-refractivity contribution < 1.29 is 4.79 Å². The number of aromatic nitrogens is 3. The number of carbonyl (C=O) groups is 1. The molecule has 1 amide bonds. The standard InChI is InChI=1S/C20H27N5O.ClH/c1-15-19(22-23-25(15)18-10-12-21-13-11-18)20(26)24(14-16-6-5-7-16)17-8-3-2-4-9-17;/h2-4,8-9,16,18,21H,5-7,10-14H2,1H3;1H. The summed E-state index contributed by atoms with van der Waals surface area (Å²) in [6.07, 6.45) is 5.74. The van der Waals surface area contributed by atoms with Gasteiger partial charge in [0.15, 0.2) is 5.69 Å². The van der Waals surface area contributed by atoms with Crippen LogP contribution in [0, 0.1) is 12.8 Å². The highest BCUT2D eigenvalue weighted by atomic mass is 35.5. The minimum absolute atomic E-state index is 0. The molecule has 0 unspecified atom stereocenters. The van der Waals surface area contributed by atoms with Crippen molar-refractivity contribution in [1.29, 1.82) is 0 Å². The molecule has 1 saturated heterocycles. The Balaban J connectivity index is 0.00000210. The highest BCUT2D eigenvalue weighted by molar-refractivity contribution is 6.05. The number of anilines is 1. The number of hydrogen-bond donors (Lipinski definition) is 1. The maximum atomic E-state index is 13.3. The van der Waals surface area contributed by atoms with E-state index >= 15 is 0 Å². The highest BCUT2D eigenvalue weighted by Crippen LogP contribution is 2.30. The number of piperidine rings is 1. The molecule has 2 fully saturated rings. The number of nitrogens with zero attached hydrogens (tertiary/aromatic N) is 4. The van der Waals surface area contributed by atoms with Gasteiger partial charge < -0.3 is 10.2 Å². The van der Waals surface area contributed by atoms with E-state index in [-0.39, 0.29) is 18.3 Å². The maximum absolute atomic E-state index is 13.3. The molecule has 7 heteroatoms. The van der Waals surface area contributed by atoms with E-state index < -0.39 is 0 Å². The first-order chi connectivity index (χ1) is 12.7. The number of carbonyl (C=O) groups excluding carboxylic acids is 1. The van der Waals surface area contributed by atoms with E-state index in [1.165, 1.54) is 19.3 Å². The van der Waals surface area contributed by atoms with E-state index in [4.69, 9.17) is 0 Å². The summed E-state index contributed by atoms with van der Waals surface area (Å²) in [5.74, 6) is 0.569. The van der Waals surface area contributed by atoms with Crippen LogP contribution >= 0.6 is 12.4 Å². The van der Waals surface area contributed by atoms with Crippen molar-refractivity contribution in [3.8, 4) is 0 Å². The minimum Gasteiger partial charge on any atom is -0.317 e. The smallest absolute Gasteiger partial charge is 0.280 e. The second-order valence-electron chi connectivity index (χ2n) is 7.50. The monoisotopic (exact) mass is 389 g/mol. The summed E-state index contributed by atoms with van der Waals surface area (Å²) < 4.78 is 1.96. The van der Waals surface area contributed by atoms with Crippen LogP contribution < -0.4 is 10.2 Å². The van der Waals surface area contributed by atoms with Gasteiger partial charge >= 0.3 is 0 Å². The van der Waals surface area contributed by atoms with Crippen LogP contribution in [0.4, 0.5) is 5.69 Å². The van der Waals surface area contributed by atoms with Gasteiger partial charge in [0.25, 0.3) is 5.91 Å². The van der Waals surface area contributed by atoms with Gasteiger partial charge in [-0.05, 0) is 63.7 Å². The summed E-state index contributed by atoms with van der Waals surface area (Å²) in [5, 5.41) is 12.0. The highest BCUT2D eigenvalue weighted by Gasteiger charge is 2.29. The Hall–Kier alpha value is -1.92. The molecule has 6 nitrogen and oxygen atoms in total. The molecule has 0 bridgehead atoms. The molecule has 0 radical (unpaired) electrons. The van der Waals surface area contributed by atoms with Crippen LogP contribution in [0.5, 0.6) is 0 Å². The molecule has 2 aliphatic rings.